The van der Waals surface area contributed by atoms with Gasteiger partial charge in [-0.3, -0.25) is 91.1 Å². The lowest BCUT2D eigenvalue weighted by molar-refractivity contribution is -0.145. The Morgan fingerprint density at radius 1 is 0.408 bits per heavy atom. The molecule has 3 aromatic carbocycles. The second kappa shape index (κ2) is 61.6. The fraction of sp³-hybridized carbons (Fsp3) is 0.591. The number of carboxylic acids is 1. The van der Waals surface area contributed by atoms with E-state index in [9.17, 15) is 132 Å². The molecule has 1 heterocycles. The van der Waals surface area contributed by atoms with Crippen LogP contribution in [0.15, 0.2) is 84.9 Å². The van der Waals surface area contributed by atoms with Gasteiger partial charge in [0.15, 0.2) is 0 Å². The zero-order valence-electron chi connectivity index (χ0n) is 81.7. The largest absolute Gasteiger partial charge is 0.508 e. The number of phenols is 1. The van der Waals surface area contributed by atoms with Gasteiger partial charge in [0.25, 0.3) is 0 Å². The maximum atomic E-state index is 14.7. The van der Waals surface area contributed by atoms with E-state index in [1.807, 2.05) is 0 Å². The van der Waals surface area contributed by atoms with Crippen molar-refractivity contribution in [3.63, 3.8) is 0 Å². The lowest BCUT2D eigenvalue weighted by atomic mass is 9.98. The van der Waals surface area contributed by atoms with Crippen LogP contribution in [0.25, 0.3) is 0 Å². The molecule has 3 aromatic rings. The van der Waals surface area contributed by atoms with E-state index in [-0.39, 0.29) is 107 Å². The van der Waals surface area contributed by atoms with Crippen molar-refractivity contribution in [2.45, 2.75) is 287 Å². The first kappa shape index (κ1) is 121. The van der Waals surface area contributed by atoms with Crippen LogP contribution in [0, 0.1) is 17.8 Å². The number of unbranched alkanes of at least 4 members (excludes halogenated alkanes) is 1. The van der Waals surface area contributed by atoms with Gasteiger partial charge in [-0.25, -0.2) is 4.79 Å². The van der Waals surface area contributed by atoms with Gasteiger partial charge in [0.2, 0.25) is 112 Å². The van der Waals surface area contributed by atoms with Crippen LogP contribution in [0.3, 0.4) is 0 Å². The molecule has 0 unspecified atom stereocenters. The van der Waals surface area contributed by atoms with Gasteiger partial charge >= 0.3 is 5.97 Å². The van der Waals surface area contributed by atoms with Crippen LogP contribution in [-0.2, 0) is 115 Å². The van der Waals surface area contributed by atoms with Gasteiger partial charge in [0.05, 0.1) is 44.1 Å². The highest BCUT2D eigenvalue weighted by Crippen LogP contribution is 2.23. The molecule has 1 aliphatic heterocycles. The van der Waals surface area contributed by atoms with Gasteiger partial charge in [-0.2, -0.15) is 11.8 Å². The number of carboxylic acid groups (broad SMARTS) is 1. The fourth-order valence-corrected chi connectivity index (χ4v) is 15.3. The minimum absolute atomic E-state index is 0.00118. The van der Waals surface area contributed by atoms with Crippen LogP contribution in [-0.4, -0.2) is 325 Å². The number of aliphatic carboxylic acids is 1. The molecule has 0 aromatic heterocycles. The molecular formula is C93H143N21O27S. The number of aliphatic hydroxyl groups is 5. The topological polar surface area (TPSA) is 783 Å². The Bertz CT molecular complexity index is 4730. The van der Waals surface area contributed by atoms with Gasteiger partial charge in [-0.15, -0.1) is 0 Å². The summed E-state index contributed by atoms with van der Waals surface area (Å²) in [6.45, 7) is 11.4. The zero-order valence-corrected chi connectivity index (χ0v) is 82.5. The molecule has 0 spiro atoms. The Morgan fingerprint density at radius 3 is 1.24 bits per heavy atom. The molecular weight excluding hydrogens is 1880 g/mol. The van der Waals surface area contributed by atoms with Crippen LogP contribution in [0.1, 0.15) is 163 Å². The van der Waals surface area contributed by atoms with Gasteiger partial charge in [0.1, 0.15) is 102 Å². The van der Waals surface area contributed by atoms with E-state index in [2.05, 4.69) is 85.1 Å². The number of likely N-dealkylation sites (tertiary alicyclic amines) is 1. The lowest BCUT2D eigenvalue weighted by Crippen LogP contribution is -2.63. The summed E-state index contributed by atoms with van der Waals surface area (Å²) >= 11 is 1.24. The molecule has 0 aliphatic carbocycles. The van der Waals surface area contributed by atoms with E-state index >= 15 is 0 Å². The number of carbonyl (C=O) groups is 20. The third-order valence-electron chi connectivity index (χ3n) is 22.8. The highest BCUT2D eigenvalue weighted by atomic mass is 32.2. The maximum Gasteiger partial charge on any atom is 0.326 e. The van der Waals surface area contributed by atoms with Crippen molar-refractivity contribution >= 4 is 130 Å². The summed E-state index contributed by atoms with van der Waals surface area (Å²) in [4.78, 5) is 277. The number of amides is 19. The number of phenolic OH excluding ortho intramolecular Hbond substituents is 1. The third-order valence-corrected chi connectivity index (χ3v) is 23.4. The summed E-state index contributed by atoms with van der Waals surface area (Å²) in [6, 6.07) is -4.73. The molecule has 48 nitrogen and oxygen atoms in total. The number of hydrogen-bond acceptors (Lipinski definition) is 29. The number of aromatic hydroxyl groups is 1. The van der Waals surface area contributed by atoms with E-state index in [0.29, 0.717) is 16.7 Å². The summed E-state index contributed by atoms with van der Waals surface area (Å²) < 4.78 is 0. The summed E-state index contributed by atoms with van der Waals surface area (Å²) in [5, 5.41) is 113. The van der Waals surface area contributed by atoms with Crippen LogP contribution in [0.4, 0.5) is 0 Å². The number of thioether (sulfide) groups is 1. The van der Waals surface area contributed by atoms with E-state index in [1.54, 1.807) is 121 Å². The Morgan fingerprint density at radius 2 is 0.789 bits per heavy atom. The predicted molar refractivity (Wildman–Crippen MR) is 516 cm³/mol. The number of hydrogen-bond donors (Lipinski definition) is 27. The molecule has 4 rings (SSSR count). The summed E-state index contributed by atoms with van der Waals surface area (Å²) in [6.07, 6.45) is -6.32. The van der Waals surface area contributed by atoms with Crippen molar-refractivity contribution in [2.24, 2.45) is 40.7 Å². The Labute approximate surface area is 827 Å². The minimum atomic E-state index is -2.04. The summed E-state index contributed by atoms with van der Waals surface area (Å²) in [7, 11) is 0. The molecule has 49 heteroatoms. The number of aliphatic hydroxyl groups excluding tert-OH is 5. The van der Waals surface area contributed by atoms with Crippen molar-refractivity contribution in [1.29, 1.82) is 0 Å². The third kappa shape index (κ3) is 42.0. The van der Waals surface area contributed by atoms with Gasteiger partial charge in [-0.05, 0) is 163 Å². The first-order valence-electron chi connectivity index (χ1n) is 46.9. The molecule has 0 radical (unpaired) electrons. The first-order valence-corrected chi connectivity index (χ1v) is 48.3. The number of carbonyl (C=O) groups excluding carboxylic acids is 19. The van der Waals surface area contributed by atoms with Crippen molar-refractivity contribution in [3.05, 3.63) is 102 Å². The van der Waals surface area contributed by atoms with Gasteiger partial charge in [-0.1, -0.05) is 114 Å². The standard InChI is InChI=1S/C93H143N21O27S/c1-47(2)39-63(83(130)107-66(93(140)141)43-55-23-16-13-17-24-55)106-90(137)75(52(9)118)112-89(136)73(49(5)6)110-85(132)64(40-48(3)4)105-88(135)69-26-20-37-114(69)92(139)76(53(10)119)113-81(128)61(32-34-71(97)122)103-86(133)67(45-115)108-79(126)59(25-18-19-36-94)101-80(127)60(31-33-70(96)121)102-87(134)68(46-116)109-91(138)74(51(8)117)111-82(129)62(35-38-142-11)104-84(131)65(42-54-21-14-12-15-22-54)100-72(123)44-98-77(124)50(7)99-78(125)58(95)41-56-27-29-57(120)30-28-56/h12-17,21-24,27-30,47-53,58-69,73-76,115-120H,18-20,25-26,31-46,94-95H2,1-11H3,(H2,96,121)(H2,97,122)(H,98,124)(H,99,125)(H,100,123)(H,101,127)(H,102,134)(H,103,133)(H,104,131)(H,105,135)(H,106,137)(H,107,130)(H,108,126)(H,109,138)(H,110,132)(H,111,129)(H,112,136)(H,113,128)(H,140,141)/t50-,51-,52-,53-,58+,59+,60+,61+,62+,63+,64+,65+,66+,67+,68+,69+,73+,74+,75+,76+/m1/s1. The van der Waals surface area contributed by atoms with E-state index in [0.717, 1.165) is 18.7 Å². The van der Waals surface area contributed by atoms with Crippen LogP contribution in [0.2, 0.25) is 0 Å². The quantitative estimate of drug-likeness (QED) is 0.0233. The highest BCUT2D eigenvalue weighted by Gasteiger charge is 2.44. The van der Waals surface area contributed by atoms with Gasteiger partial charge in [0, 0.05) is 32.2 Å². The predicted octanol–water partition coefficient (Wildman–Crippen LogP) is -7.48. The average Bonchev–Trinajstić information content (AvgIpc) is 1.64. The van der Waals surface area contributed by atoms with Crippen LogP contribution >= 0.6 is 11.8 Å². The molecule has 788 valence electrons. The van der Waals surface area contributed by atoms with E-state index in [1.165, 1.54) is 37.7 Å². The Balaban J connectivity index is 1.49. The zero-order chi connectivity index (χ0) is 106. The number of primary amides is 2. The molecule has 1 saturated heterocycles. The number of nitrogens with zero attached hydrogens (tertiary/aromatic N) is 1. The molecule has 0 bridgehead atoms. The molecule has 0 saturated carbocycles. The van der Waals surface area contributed by atoms with Crippen molar-refractivity contribution in [2.75, 3.05) is 44.9 Å². The minimum Gasteiger partial charge on any atom is -0.508 e. The van der Waals surface area contributed by atoms with Gasteiger partial charge < -0.3 is 149 Å². The van der Waals surface area contributed by atoms with E-state index in [4.69, 9.17) is 22.9 Å². The molecule has 1 aliphatic rings. The fourth-order valence-electron chi connectivity index (χ4n) is 14.9. The average molecular weight is 2020 g/mol. The summed E-state index contributed by atoms with van der Waals surface area (Å²) in [5.74, 6) is -22.3. The van der Waals surface area contributed by atoms with Crippen molar-refractivity contribution in [3.8, 4) is 5.75 Å². The number of benzene rings is 3. The van der Waals surface area contributed by atoms with Crippen molar-refractivity contribution in [1.82, 2.24) is 90.0 Å². The number of rotatable bonds is 63. The Kier molecular flexibility index (Phi) is 52.6. The Hall–Kier alpha value is -13.1. The molecule has 1 fully saturated rings. The highest BCUT2D eigenvalue weighted by molar-refractivity contribution is 7.98. The maximum absolute atomic E-state index is 14.7. The summed E-state index contributed by atoms with van der Waals surface area (Å²) in [5.41, 5.74) is 24.5. The lowest BCUT2D eigenvalue weighted by Gasteiger charge is -2.32. The second-order valence-electron chi connectivity index (χ2n) is 36.1. The molecule has 20 atom stereocenters. The smallest absolute Gasteiger partial charge is 0.326 e. The first-order chi connectivity index (χ1) is 66.9. The number of nitrogens with one attached hydrogen (secondary N) is 16. The monoisotopic (exact) mass is 2020 g/mol. The number of nitrogens with two attached hydrogens (primary N) is 4. The van der Waals surface area contributed by atoms with Crippen molar-refractivity contribution < 1.29 is 132 Å². The second-order valence-corrected chi connectivity index (χ2v) is 37.1. The van der Waals surface area contributed by atoms with Crippen LogP contribution in [0.5, 0.6) is 5.75 Å². The molecule has 31 N–H and O–H groups in total. The van der Waals surface area contributed by atoms with E-state index < -0.39 is 291 Å². The molecule has 19 amide bonds. The SMILES string of the molecule is CSCC[C@H](NC(=O)[C@H](Cc1ccccc1)NC(=O)CNC(=O)[C@@H](C)NC(=O)[C@@H](N)Cc1ccc(O)cc1)C(=O)N[C@H](C(=O)N[C@@H](CO)C(=O)N[C@@H](CCC(N)=O)C(=O)N[C@@H](CCCCN)C(=O)N[C@@H](CO)C(=O)N[C@@H](CCC(N)=O)C(=O)N[C@H](C(=O)N1CCC[C@H]1C(=O)N[C@@H](CC(C)C)C(=O)N[C@H](C(=O)N[C@H](C(=O)N[C@@H](CC(C)C)C(=O)N[C@@H](Cc1ccccc1)C(=O)O)[C@@H](C)O)C(C)C)[C@@H](C)O)[C@@H](C)O. The molecule has 142 heavy (non-hydrogen) atoms. The van der Waals surface area contributed by atoms with Crippen LogP contribution < -0.4 is 108 Å². The normalized spacial score (nSPS) is 16.4.